The van der Waals surface area contributed by atoms with E-state index >= 15 is 0 Å². The summed E-state index contributed by atoms with van der Waals surface area (Å²) >= 11 is 5.69. The van der Waals surface area contributed by atoms with Crippen molar-refractivity contribution in [3.63, 3.8) is 0 Å². The van der Waals surface area contributed by atoms with Crippen molar-refractivity contribution in [3.05, 3.63) is 133 Å². The molecule has 0 radical (unpaired) electrons. The minimum atomic E-state index is -0.561. The third kappa shape index (κ3) is 5.64. The van der Waals surface area contributed by atoms with Crippen LogP contribution in [0.5, 0.6) is 5.88 Å². The number of aromatic nitrogens is 3. The van der Waals surface area contributed by atoms with E-state index in [2.05, 4.69) is 91.2 Å². The van der Waals surface area contributed by atoms with Crippen LogP contribution in [0.25, 0.3) is 44.1 Å². The molecule has 2 aromatic heterocycles. The molecule has 1 aliphatic carbocycles. The zero-order valence-corrected chi connectivity index (χ0v) is 29.4. The fourth-order valence-corrected chi connectivity index (χ4v) is 8.16. The topological polar surface area (TPSA) is 69.2 Å². The van der Waals surface area contributed by atoms with Crippen molar-refractivity contribution in [2.24, 2.45) is 20.0 Å². The van der Waals surface area contributed by atoms with Gasteiger partial charge in [-0.25, -0.2) is 0 Å². The minimum absolute atomic E-state index is 0.00291. The molecule has 7 rings (SSSR count). The summed E-state index contributed by atoms with van der Waals surface area (Å²) in [6.07, 6.45) is 8.53. The average Bonchev–Trinajstić information content (AvgIpc) is 3.67. The van der Waals surface area contributed by atoms with Crippen molar-refractivity contribution in [2.45, 2.75) is 52.5 Å². The molecule has 7 heteroatoms. The quantitative estimate of drug-likeness (QED) is 0.162. The maximum atomic E-state index is 13.8. The molecule has 252 valence electrons. The SMILES string of the molecule is CCCCn1/c(=C/C=C2\CCC(C(C)C[C](=[Ni])c3cccc4ccccc34)=C2c2c(O)n(C)c(=O)n(C)c2=O)c2cccc3cccc1c32. The molecule has 0 bridgehead atoms. The number of aromatic hydroxyl groups is 1. The van der Waals surface area contributed by atoms with Crippen LogP contribution in [0, 0.1) is 5.92 Å². The summed E-state index contributed by atoms with van der Waals surface area (Å²) in [5.41, 5.74) is 4.18. The van der Waals surface area contributed by atoms with Gasteiger partial charge < -0.3 is 0 Å². The van der Waals surface area contributed by atoms with Gasteiger partial charge in [-0.05, 0) is 0 Å². The summed E-state index contributed by atoms with van der Waals surface area (Å²) in [7, 11) is 2.97. The predicted molar refractivity (Wildman–Crippen MR) is 199 cm³/mol. The first kappa shape index (κ1) is 32.8. The summed E-state index contributed by atoms with van der Waals surface area (Å²) in [5.74, 6) is -0.307. The molecule has 0 spiro atoms. The van der Waals surface area contributed by atoms with Gasteiger partial charge in [-0.1, -0.05) is 31.5 Å². The van der Waals surface area contributed by atoms with E-state index in [0.29, 0.717) is 12.8 Å². The van der Waals surface area contributed by atoms with Gasteiger partial charge in [0.25, 0.3) is 0 Å². The molecule has 0 aliphatic heterocycles. The fraction of sp³-hybridized carbons (Fsp3) is 0.262. The number of hydrogen-bond donors (Lipinski definition) is 1. The van der Waals surface area contributed by atoms with Gasteiger partial charge in [0.1, 0.15) is 0 Å². The number of rotatable bonds is 9. The van der Waals surface area contributed by atoms with Crippen LogP contribution in [-0.4, -0.2) is 23.3 Å². The molecule has 0 saturated heterocycles. The van der Waals surface area contributed by atoms with Crippen molar-refractivity contribution < 1.29 is 20.1 Å². The van der Waals surface area contributed by atoms with E-state index < -0.39 is 11.2 Å². The van der Waals surface area contributed by atoms with E-state index in [9.17, 15) is 14.7 Å². The van der Waals surface area contributed by atoms with Gasteiger partial charge >= 0.3 is 263 Å². The van der Waals surface area contributed by atoms with Crippen LogP contribution in [0.2, 0.25) is 0 Å². The Hall–Kier alpha value is -4.74. The van der Waals surface area contributed by atoms with Gasteiger partial charge in [-0.15, -0.1) is 0 Å². The Morgan fingerprint density at radius 1 is 0.878 bits per heavy atom. The molecule has 1 N–H and O–H groups in total. The standard InChI is InChI=1S/C42H41N3O3.Ni/c1-5-6-26-45-35(34-18-10-15-30-16-11-19-36(45)37(30)34)25-23-31-22-24-32(38(31)39-40(46)43(3)42(48)44(4)41(39)47)27(2)20-21-29-14-9-13-28-12-7-8-17-33(28)29;/h7-19,23,25,27,46H,5-6,20,22,24,26H2,1-4H3;/b31-23+,35-25+;. The van der Waals surface area contributed by atoms with Gasteiger partial charge in [0, 0.05) is 0 Å². The Labute approximate surface area is 293 Å². The van der Waals surface area contributed by atoms with E-state index in [4.69, 9.17) is 15.0 Å². The van der Waals surface area contributed by atoms with Crippen LogP contribution < -0.4 is 16.6 Å². The Kier molecular flexibility index (Phi) is 8.89. The van der Waals surface area contributed by atoms with E-state index in [1.54, 1.807) is 0 Å². The number of benzene rings is 4. The zero-order valence-electron chi connectivity index (χ0n) is 28.4. The zero-order chi connectivity index (χ0) is 34.4. The Morgan fingerprint density at radius 2 is 1.57 bits per heavy atom. The fourth-order valence-electron chi connectivity index (χ4n) is 7.64. The summed E-state index contributed by atoms with van der Waals surface area (Å²) < 4.78 is 5.55. The van der Waals surface area contributed by atoms with Gasteiger partial charge in [0.05, 0.1) is 0 Å². The maximum absolute atomic E-state index is 13.8. The van der Waals surface area contributed by atoms with Crippen LogP contribution in [-0.2, 0) is 35.7 Å². The average molecular weight is 695 g/mol. The van der Waals surface area contributed by atoms with Crippen molar-refractivity contribution in [3.8, 4) is 5.88 Å². The second kappa shape index (κ2) is 13.3. The third-order valence-corrected chi connectivity index (χ3v) is 10.7. The number of allylic oxidation sites excluding steroid dienone is 4. The number of aryl methyl sites for hydroxylation is 1. The molecular formula is C42H41N3NiO3. The molecule has 6 nitrogen and oxygen atoms in total. The summed E-state index contributed by atoms with van der Waals surface area (Å²) in [5, 5.41) is 18.5. The van der Waals surface area contributed by atoms with Crippen LogP contribution in [0.15, 0.2) is 106 Å². The second-order valence-corrected chi connectivity index (χ2v) is 13.8. The third-order valence-electron chi connectivity index (χ3n) is 10.2. The number of nitrogens with zero attached hydrogens (tertiary/aromatic N) is 3. The summed E-state index contributed by atoms with van der Waals surface area (Å²) in [6.45, 7) is 5.27. The first-order valence-electron chi connectivity index (χ1n) is 17.1. The molecule has 1 aliphatic rings. The molecule has 0 fully saturated rings. The Morgan fingerprint density at radius 3 is 2.37 bits per heavy atom. The van der Waals surface area contributed by atoms with E-state index in [1.807, 2.05) is 18.2 Å². The molecular weight excluding hydrogens is 653 g/mol. The Balaban J connectivity index is 1.41. The monoisotopic (exact) mass is 693 g/mol. The van der Waals surface area contributed by atoms with Crippen LogP contribution in [0.3, 0.4) is 0 Å². The Bertz CT molecular complexity index is 2520. The van der Waals surface area contributed by atoms with Crippen LogP contribution in [0.4, 0.5) is 0 Å². The van der Waals surface area contributed by atoms with Crippen LogP contribution in [0.1, 0.15) is 57.1 Å². The van der Waals surface area contributed by atoms with Gasteiger partial charge in [-0.3, -0.25) is 0 Å². The normalized spacial score (nSPS) is 15.5. The molecule has 1 atom stereocenters. The summed E-state index contributed by atoms with van der Waals surface area (Å²) in [4.78, 5) is 26.6. The molecule has 0 amide bonds. The molecule has 1 unspecified atom stereocenters. The van der Waals surface area contributed by atoms with E-state index in [-0.39, 0.29) is 17.4 Å². The molecule has 0 saturated carbocycles. The molecule has 4 aromatic carbocycles. The van der Waals surface area contributed by atoms with Crippen molar-refractivity contribution in [1.82, 2.24) is 13.7 Å². The molecule has 49 heavy (non-hydrogen) atoms. The number of hydrogen-bond acceptors (Lipinski definition) is 3. The number of unbranched alkanes of at least 4 members (excludes halogenated alkanes) is 1. The van der Waals surface area contributed by atoms with Crippen molar-refractivity contribution in [1.29, 1.82) is 0 Å². The van der Waals surface area contributed by atoms with Crippen LogP contribution >= 0.6 is 0 Å². The molecule has 6 aromatic rings. The van der Waals surface area contributed by atoms with Gasteiger partial charge in [0.15, 0.2) is 0 Å². The number of fused-ring (bicyclic) bond motifs is 1. The van der Waals surface area contributed by atoms with Gasteiger partial charge in [0.2, 0.25) is 0 Å². The van der Waals surface area contributed by atoms with Gasteiger partial charge in [-0.2, -0.15) is 0 Å². The first-order chi connectivity index (χ1) is 23.7. The van der Waals surface area contributed by atoms with Crippen molar-refractivity contribution >= 4 is 48.6 Å². The van der Waals surface area contributed by atoms with E-state index in [0.717, 1.165) is 77.8 Å². The van der Waals surface area contributed by atoms with Crippen molar-refractivity contribution in [2.75, 3.05) is 0 Å². The predicted octanol–water partition coefficient (Wildman–Crippen LogP) is 7.32. The summed E-state index contributed by atoms with van der Waals surface area (Å²) in [6, 6.07) is 27.5. The first-order valence-corrected chi connectivity index (χ1v) is 17.6. The molecule has 2 heterocycles. The second-order valence-electron chi connectivity index (χ2n) is 13.2. The van der Waals surface area contributed by atoms with E-state index in [1.165, 1.54) is 35.8 Å².